The van der Waals surface area contributed by atoms with Crippen LogP contribution in [0.1, 0.15) is 21.9 Å². The van der Waals surface area contributed by atoms with Crippen molar-refractivity contribution in [2.45, 2.75) is 13.0 Å². The lowest BCUT2D eigenvalue weighted by Crippen LogP contribution is -2.16. The van der Waals surface area contributed by atoms with Crippen LogP contribution < -0.4 is 5.32 Å². The van der Waals surface area contributed by atoms with Crippen LogP contribution in [0.3, 0.4) is 0 Å². The number of aromatic carboxylic acids is 1. The summed E-state index contributed by atoms with van der Waals surface area (Å²) < 4.78 is 4.87. The molecule has 0 aromatic carbocycles. The molecule has 2 aromatic rings. The maximum atomic E-state index is 10.6. The van der Waals surface area contributed by atoms with E-state index in [0.29, 0.717) is 12.3 Å². The number of carboxylic acids is 1. The molecule has 6 nitrogen and oxygen atoms in total. The van der Waals surface area contributed by atoms with Crippen molar-refractivity contribution in [2.24, 2.45) is 0 Å². The van der Waals surface area contributed by atoms with Crippen molar-refractivity contribution in [2.75, 3.05) is 6.54 Å². The van der Waals surface area contributed by atoms with E-state index in [1.54, 1.807) is 6.20 Å². The first-order valence-corrected chi connectivity index (χ1v) is 5.55. The van der Waals surface area contributed by atoms with E-state index < -0.39 is 5.97 Å². The van der Waals surface area contributed by atoms with E-state index in [1.807, 2.05) is 18.2 Å². The molecular formula is C12H13N3O3. The molecule has 0 aliphatic heterocycles. The highest BCUT2D eigenvalue weighted by atomic mass is 16.5. The molecule has 0 aliphatic carbocycles. The third-order valence-corrected chi connectivity index (χ3v) is 2.36. The Morgan fingerprint density at radius 2 is 2.33 bits per heavy atom. The second-order valence-electron chi connectivity index (χ2n) is 3.73. The van der Waals surface area contributed by atoms with Gasteiger partial charge in [0.15, 0.2) is 11.5 Å². The Bertz CT molecular complexity index is 510. The van der Waals surface area contributed by atoms with Gasteiger partial charge in [0.05, 0.1) is 6.54 Å². The minimum absolute atomic E-state index is 0.0727. The summed E-state index contributed by atoms with van der Waals surface area (Å²) in [5.74, 6) is -0.577. The summed E-state index contributed by atoms with van der Waals surface area (Å²) in [6.45, 7) is 1.19. The van der Waals surface area contributed by atoms with Crippen LogP contribution in [0, 0.1) is 0 Å². The summed E-state index contributed by atoms with van der Waals surface area (Å²) in [6, 6.07) is 7.19. The van der Waals surface area contributed by atoms with E-state index in [2.05, 4.69) is 15.5 Å². The molecule has 0 bridgehead atoms. The number of hydrogen-bond acceptors (Lipinski definition) is 5. The Morgan fingerprint density at radius 1 is 1.44 bits per heavy atom. The summed E-state index contributed by atoms with van der Waals surface area (Å²) in [5, 5.41) is 15.2. The van der Waals surface area contributed by atoms with Crippen molar-refractivity contribution in [3.05, 3.63) is 47.6 Å². The molecule has 18 heavy (non-hydrogen) atoms. The Balaban J connectivity index is 1.73. The Hall–Kier alpha value is -2.21. The van der Waals surface area contributed by atoms with E-state index in [9.17, 15) is 4.79 Å². The molecule has 2 heterocycles. The summed E-state index contributed by atoms with van der Waals surface area (Å²) >= 11 is 0. The number of carbonyl (C=O) groups is 1. The van der Waals surface area contributed by atoms with Gasteiger partial charge in [-0.1, -0.05) is 11.2 Å². The molecule has 94 valence electrons. The van der Waals surface area contributed by atoms with Gasteiger partial charge in [0.1, 0.15) is 0 Å². The molecule has 0 aliphatic rings. The van der Waals surface area contributed by atoms with Gasteiger partial charge in [-0.2, -0.15) is 0 Å². The van der Waals surface area contributed by atoms with Crippen molar-refractivity contribution in [1.82, 2.24) is 15.5 Å². The molecule has 0 radical (unpaired) electrons. The highest BCUT2D eigenvalue weighted by Gasteiger charge is 2.09. The maximum Gasteiger partial charge on any atom is 0.358 e. The van der Waals surface area contributed by atoms with Gasteiger partial charge in [-0.15, -0.1) is 0 Å². The van der Waals surface area contributed by atoms with Crippen molar-refractivity contribution >= 4 is 5.97 Å². The Kier molecular flexibility index (Phi) is 4.03. The zero-order chi connectivity index (χ0) is 12.8. The SMILES string of the molecule is O=C(O)c1cc(CNCCc2ccccn2)on1. The van der Waals surface area contributed by atoms with Crippen molar-refractivity contribution in [3.8, 4) is 0 Å². The topological polar surface area (TPSA) is 88.2 Å². The number of nitrogens with zero attached hydrogens (tertiary/aromatic N) is 2. The Morgan fingerprint density at radius 3 is 3.00 bits per heavy atom. The van der Waals surface area contributed by atoms with Crippen LogP contribution in [-0.4, -0.2) is 27.8 Å². The van der Waals surface area contributed by atoms with Gasteiger partial charge in [-0.25, -0.2) is 4.79 Å². The highest BCUT2D eigenvalue weighted by molar-refractivity contribution is 5.85. The zero-order valence-electron chi connectivity index (χ0n) is 9.67. The minimum atomic E-state index is -1.08. The monoisotopic (exact) mass is 247 g/mol. The van der Waals surface area contributed by atoms with Crippen molar-refractivity contribution < 1.29 is 14.4 Å². The first kappa shape index (κ1) is 12.3. The maximum absolute atomic E-state index is 10.6. The molecule has 0 spiro atoms. The molecule has 2 N–H and O–H groups in total. The van der Waals surface area contributed by atoms with Crippen LogP contribution in [0.5, 0.6) is 0 Å². The van der Waals surface area contributed by atoms with Crippen LogP contribution in [0.15, 0.2) is 35.0 Å². The number of aromatic nitrogens is 2. The van der Waals surface area contributed by atoms with Gasteiger partial charge in [-0.05, 0) is 12.1 Å². The lowest BCUT2D eigenvalue weighted by Gasteiger charge is -2.01. The third-order valence-electron chi connectivity index (χ3n) is 2.36. The lowest BCUT2D eigenvalue weighted by atomic mass is 10.2. The number of hydrogen-bond donors (Lipinski definition) is 2. The molecule has 2 aromatic heterocycles. The van der Waals surface area contributed by atoms with E-state index in [0.717, 1.165) is 18.7 Å². The quantitative estimate of drug-likeness (QED) is 0.743. The van der Waals surface area contributed by atoms with E-state index in [1.165, 1.54) is 6.07 Å². The normalized spacial score (nSPS) is 10.4. The Labute approximate surface area is 104 Å². The first-order valence-electron chi connectivity index (χ1n) is 5.55. The molecule has 0 fully saturated rings. The van der Waals surface area contributed by atoms with E-state index in [-0.39, 0.29) is 5.69 Å². The second-order valence-corrected chi connectivity index (χ2v) is 3.73. The van der Waals surface area contributed by atoms with Gasteiger partial charge >= 0.3 is 5.97 Å². The minimum Gasteiger partial charge on any atom is -0.476 e. The third kappa shape index (κ3) is 3.39. The molecule has 0 saturated heterocycles. The largest absolute Gasteiger partial charge is 0.476 e. The van der Waals surface area contributed by atoms with Crippen molar-refractivity contribution in [3.63, 3.8) is 0 Å². The summed E-state index contributed by atoms with van der Waals surface area (Å²) in [7, 11) is 0. The smallest absolute Gasteiger partial charge is 0.358 e. The van der Waals surface area contributed by atoms with Gasteiger partial charge in [0, 0.05) is 30.9 Å². The van der Waals surface area contributed by atoms with Gasteiger partial charge in [0.2, 0.25) is 0 Å². The summed E-state index contributed by atoms with van der Waals surface area (Å²) in [5.41, 5.74) is 0.935. The average Bonchev–Trinajstić information content (AvgIpc) is 2.85. The predicted molar refractivity (Wildman–Crippen MR) is 63.1 cm³/mol. The molecule has 0 atom stereocenters. The fourth-order valence-corrected chi connectivity index (χ4v) is 1.47. The van der Waals surface area contributed by atoms with Crippen LogP contribution in [0.2, 0.25) is 0 Å². The summed E-state index contributed by atoms with van der Waals surface area (Å²) in [4.78, 5) is 14.8. The van der Waals surface area contributed by atoms with Crippen LogP contribution >= 0.6 is 0 Å². The molecule has 0 amide bonds. The highest BCUT2D eigenvalue weighted by Crippen LogP contribution is 2.03. The fraction of sp³-hybridized carbons (Fsp3) is 0.250. The summed E-state index contributed by atoms with van der Waals surface area (Å²) in [6.07, 6.45) is 2.56. The molecule has 0 saturated carbocycles. The van der Waals surface area contributed by atoms with Crippen LogP contribution in [0.4, 0.5) is 0 Å². The lowest BCUT2D eigenvalue weighted by molar-refractivity contribution is 0.0685. The second kappa shape index (κ2) is 5.92. The molecular weight excluding hydrogens is 234 g/mol. The number of carboxylic acid groups (broad SMARTS) is 1. The van der Waals surface area contributed by atoms with Gasteiger partial charge in [-0.3, -0.25) is 4.98 Å². The molecule has 2 rings (SSSR count). The molecule has 6 heteroatoms. The number of rotatable bonds is 6. The van der Waals surface area contributed by atoms with Crippen LogP contribution in [0.25, 0.3) is 0 Å². The zero-order valence-corrected chi connectivity index (χ0v) is 9.67. The predicted octanol–water partition coefficient (Wildman–Crippen LogP) is 1.10. The van der Waals surface area contributed by atoms with Crippen molar-refractivity contribution in [1.29, 1.82) is 0 Å². The van der Waals surface area contributed by atoms with Gasteiger partial charge in [0.25, 0.3) is 0 Å². The van der Waals surface area contributed by atoms with Crippen LogP contribution in [-0.2, 0) is 13.0 Å². The van der Waals surface area contributed by atoms with E-state index >= 15 is 0 Å². The first-order chi connectivity index (χ1) is 8.75. The van der Waals surface area contributed by atoms with E-state index in [4.69, 9.17) is 9.63 Å². The number of nitrogens with one attached hydrogen (secondary N) is 1. The molecule has 0 unspecified atom stereocenters. The average molecular weight is 247 g/mol. The van der Waals surface area contributed by atoms with Gasteiger partial charge < -0.3 is 14.9 Å². The standard InChI is InChI=1S/C12H13N3O3/c16-12(17)11-7-10(18-15-11)8-13-6-4-9-3-1-2-5-14-9/h1-3,5,7,13H,4,6,8H2,(H,16,17). The number of pyridine rings is 1. The fourth-order valence-electron chi connectivity index (χ4n) is 1.47.